The van der Waals surface area contributed by atoms with Crippen molar-refractivity contribution in [1.29, 1.82) is 0 Å². The van der Waals surface area contributed by atoms with Crippen molar-refractivity contribution in [3.8, 4) is 5.75 Å². The van der Waals surface area contributed by atoms with Crippen LogP contribution in [0.15, 0.2) is 24.3 Å². The third-order valence-electron chi connectivity index (χ3n) is 4.48. The number of carbonyl (C=O) groups is 2. The summed E-state index contributed by atoms with van der Waals surface area (Å²) in [5.74, 6) is 0.652. The van der Waals surface area contributed by atoms with E-state index >= 15 is 0 Å². The van der Waals surface area contributed by atoms with Gasteiger partial charge in [0, 0.05) is 12.5 Å². The minimum absolute atomic E-state index is 0.0874. The highest BCUT2D eigenvalue weighted by atomic mass is 16.5. The van der Waals surface area contributed by atoms with Gasteiger partial charge in [0.15, 0.2) is 0 Å². The third kappa shape index (κ3) is 4.98. The van der Waals surface area contributed by atoms with Gasteiger partial charge in [-0.05, 0) is 31.4 Å². The molecule has 1 aromatic rings. The van der Waals surface area contributed by atoms with Gasteiger partial charge >= 0.3 is 0 Å². The second-order valence-corrected chi connectivity index (χ2v) is 6.34. The quantitative estimate of drug-likeness (QED) is 0.832. The van der Waals surface area contributed by atoms with Crippen LogP contribution in [0.3, 0.4) is 0 Å². The van der Waals surface area contributed by atoms with Gasteiger partial charge < -0.3 is 15.0 Å². The zero-order chi connectivity index (χ0) is 17.4. The Morgan fingerprint density at radius 3 is 2.58 bits per heavy atom. The number of hydrogen-bond acceptors (Lipinski definition) is 3. The molecule has 132 valence electrons. The van der Waals surface area contributed by atoms with Crippen LogP contribution in [0, 0.1) is 5.92 Å². The highest BCUT2D eigenvalue weighted by molar-refractivity contribution is 5.95. The first-order valence-corrected chi connectivity index (χ1v) is 8.87. The average Bonchev–Trinajstić information content (AvgIpc) is 2.62. The summed E-state index contributed by atoms with van der Waals surface area (Å²) in [6.45, 7) is 2.75. The number of benzene rings is 1. The zero-order valence-corrected chi connectivity index (χ0v) is 14.7. The van der Waals surface area contributed by atoms with E-state index in [0.717, 1.165) is 32.1 Å². The van der Waals surface area contributed by atoms with Crippen LogP contribution in [0.25, 0.3) is 0 Å². The fraction of sp³-hybridized carbons (Fsp3) is 0.579. The number of ether oxygens (including phenoxy) is 1. The molecule has 0 unspecified atom stereocenters. The average molecular weight is 332 g/mol. The minimum Gasteiger partial charge on any atom is -0.495 e. The highest BCUT2D eigenvalue weighted by Crippen LogP contribution is 2.26. The Labute approximate surface area is 144 Å². The summed E-state index contributed by atoms with van der Waals surface area (Å²) in [4.78, 5) is 26.8. The number of nitrogens with one attached hydrogen (secondary N) is 1. The number of rotatable bonds is 7. The van der Waals surface area contributed by atoms with Crippen molar-refractivity contribution >= 4 is 17.5 Å². The second-order valence-electron chi connectivity index (χ2n) is 6.34. The largest absolute Gasteiger partial charge is 0.495 e. The van der Waals surface area contributed by atoms with E-state index in [-0.39, 0.29) is 24.3 Å². The molecule has 0 atom stereocenters. The summed E-state index contributed by atoms with van der Waals surface area (Å²) in [5, 5.41) is 2.85. The molecule has 1 aliphatic carbocycles. The van der Waals surface area contributed by atoms with Gasteiger partial charge in [-0.25, -0.2) is 0 Å². The number of nitrogens with zero attached hydrogens (tertiary/aromatic N) is 1. The Morgan fingerprint density at radius 2 is 1.92 bits per heavy atom. The van der Waals surface area contributed by atoms with Gasteiger partial charge in [0.05, 0.1) is 19.3 Å². The summed E-state index contributed by atoms with van der Waals surface area (Å²) in [6.07, 6.45) is 6.19. The van der Waals surface area contributed by atoms with E-state index in [1.54, 1.807) is 24.1 Å². The normalized spacial score (nSPS) is 14.9. The Balaban J connectivity index is 1.98. The first kappa shape index (κ1) is 18.3. The Bertz CT molecular complexity index is 553. The van der Waals surface area contributed by atoms with Gasteiger partial charge in [-0.1, -0.05) is 38.3 Å². The van der Waals surface area contributed by atoms with Crippen LogP contribution < -0.4 is 10.1 Å². The molecule has 1 saturated carbocycles. The van der Waals surface area contributed by atoms with Crippen LogP contribution in [0.4, 0.5) is 5.69 Å². The monoisotopic (exact) mass is 332 g/mol. The molecule has 2 rings (SSSR count). The summed E-state index contributed by atoms with van der Waals surface area (Å²) in [7, 11) is 1.57. The molecule has 5 nitrogen and oxygen atoms in total. The van der Waals surface area contributed by atoms with E-state index < -0.39 is 0 Å². The molecule has 0 radical (unpaired) electrons. The molecular formula is C19H28N2O3. The van der Waals surface area contributed by atoms with Crippen LogP contribution in [0.2, 0.25) is 0 Å². The minimum atomic E-state index is -0.183. The molecule has 1 fully saturated rings. The van der Waals surface area contributed by atoms with Crippen molar-refractivity contribution in [3.63, 3.8) is 0 Å². The summed E-state index contributed by atoms with van der Waals surface area (Å²) < 4.78 is 5.25. The Kier molecular flexibility index (Phi) is 7.09. The standard InChI is InChI=1S/C19H28N2O3/c1-3-13-21(19(23)15-9-5-4-6-10-15)14-18(22)20-16-11-7-8-12-17(16)24-2/h7-8,11-12,15H,3-6,9-10,13-14H2,1-2H3,(H,20,22). The number of carbonyl (C=O) groups excluding carboxylic acids is 2. The molecule has 2 amide bonds. The number of hydrogen-bond donors (Lipinski definition) is 1. The van der Waals surface area contributed by atoms with Crippen molar-refractivity contribution < 1.29 is 14.3 Å². The topological polar surface area (TPSA) is 58.6 Å². The molecule has 0 saturated heterocycles. The predicted octanol–water partition coefficient (Wildman–Crippen LogP) is 3.45. The second kappa shape index (κ2) is 9.30. The van der Waals surface area contributed by atoms with Gasteiger partial charge in [0.1, 0.15) is 5.75 Å². The molecule has 1 aromatic carbocycles. The number of para-hydroxylation sites is 2. The lowest BCUT2D eigenvalue weighted by Crippen LogP contribution is -2.42. The van der Waals surface area contributed by atoms with Crippen molar-refractivity contribution in [2.24, 2.45) is 5.92 Å². The van der Waals surface area contributed by atoms with Crippen LogP contribution in [0.1, 0.15) is 45.4 Å². The predicted molar refractivity (Wildman–Crippen MR) is 95.1 cm³/mol. The van der Waals surface area contributed by atoms with E-state index in [9.17, 15) is 9.59 Å². The van der Waals surface area contributed by atoms with E-state index in [0.29, 0.717) is 18.0 Å². The number of amides is 2. The molecule has 24 heavy (non-hydrogen) atoms. The van der Waals surface area contributed by atoms with E-state index in [4.69, 9.17) is 4.74 Å². The molecule has 5 heteroatoms. The maximum atomic E-state index is 12.7. The van der Waals surface area contributed by atoms with Crippen LogP contribution >= 0.6 is 0 Å². The zero-order valence-electron chi connectivity index (χ0n) is 14.7. The van der Waals surface area contributed by atoms with Crippen LogP contribution in [-0.4, -0.2) is 36.9 Å². The smallest absolute Gasteiger partial charge is 0.244 e. The molecule has 1 N–H and O–H groups in total. The lowest BCUT2D eigenvalue weighted by Gasteiger charge is -2.28. The fourth-order valence-electron chi connectivity index (χ4n) is 3.26. The summed E-state index contributed by atoms with van der Waals surface area (Å²) >= 11 is 0. The van der Waals surface area contributed by atoms with Crippen molar-refractivity contribution in [2.45, 2.75) is 45.4 Å². The number of anilines is 1. The van der Waals surface area contributed by atoms with Crippen LogP contribution in [-0.2, 0) is 9.59 Å². The van der Waals surface area contributed by atoms with Crippen LogP contribution in [0.5, 0.6) is 5.75 Å². The van der Waals surface area contributed by atoms with Crippen molar-refractivity contribution in [3.05, 3.63) is 24.3 Å². The molecule has 1 aliphatic rings. The summed E-state index contributed by atoms with van der Waals surface area (Å²) in [6, 6.07) is 7.29. The Morgan fingerprint density at radius 1 is 1.21 bits per heavy atom. The maximum absolute atomic E-state index is 12.7. The SMILES string of the molecule is CCCN(CC(=O)Nc1ccccc1OC)C(=O)C1CCCCC1. The van der Waals surface area contributed by atoms with Crippen molar-refractivity contribution in [2.75, 3.05) is 25.5 Å². The van der Waals surface area contributed by atoms with Gasteiger partial charge in [-0.3, -0.25) is 9.59 Å². The third-order valence-corrected chi connectivity index (χ3v) is 4.48. The fourth-order valence-corrected chi connectivity index (χ4v) is 3.26. The molecule has 0 bridgehead atoms. The lowest BCUT2D eigenvalue weighted by molar-refractivity contribution is -0.139. The molecule has 0 aromatic heterocycles. The van der Waals surface area contributed by atoms with Crippen molar-refractivity contribution in [1.82, 2.24) is 4.90 Å². The van der Waals surface area contributed by atoms with Gasteiger partial charge in [-0.2, -0.15) is 0 Å². The van der Waals surface area contributed by atoms with E-state index in [1.807, 2.05) is 19.1 Å². The maximum Gasteiger partial charge on any atom is 0.244 e. The van der Waals surface area contributed by atoms with E-state index in [1.165, 1.54) is 6.42 Å². The first-order valence-electron chi connectivity index (χ1n) is 8.87. The number of methoxy groups -OCH3 is 1. The van der Waals surface area contributed by atoms with Gasteiger partial charge in [-0.15, -0.1) is 0 Å². The Hall–Kier alpha value is -2.04. The van der Waals surface area contributed by atoms with E-state index in [2.05, 4.69) is 5.32 Å². The molecule has 0 heterocycles. The highest BCUT2D eigenvalue weighted by Gasteiger charge is 2.26. The molecular weight excluding hydrogens is 304 g/mol. The lowest BCUT2D eigenvalue weighted by atomic mass is 9.88. The van der Waals surface area contributed by atoms with Gasteiger partial charge in [0.25, 0.3) is 0 Å². The van der Waals surface area contributed by atoms with Gasteiger partial charge in [0.2, 0.25) is 11.8 Å². The molecule has 0 aliphatic heterocycles. The molecule has 0 spiro atoms. The summed E-state index contributed by atoms with van der Waals surface area (Å²) in [5.41, 5.74) is 0.631. The first-order chi connectivity index (χ1) is 11.7.